The normalized spacial score (nSPS) is 11.7. The Balaban J connectivity index is 2.30. The molecule has 4 heteroatoms. The highest BCUT2D eigenvalue weighted by Gasteiger charge is 2.14. The van der Waals surface area contributed by atoms with E-state index in [1.807, 2.05) is 32.0 Å². The van der Waals surface area contributed by atoms with E-state index in [0.717, 1.165) is 23.6 Å². The van der Waals surface area contributed by atoms with Crippen LogP contribution in [0, 0.1) is 13.8 Å². The quantitative estimate of drug-likeness (QED) is 0.931. The van der Waals surface area contributed by atoms with Crippen LogP contribution in [-0.4, -0.2) is 20.5 Å². The van der Waals surface area contributed by atoms with Gasteiger partial charge < -0.3 is 5.32 Å². The van der Waals surface area contributed by atoms with E-state index < -0.39 is 0 Å². The Kier molecular flexibility index (Phi) is 4.14. The zero-order valence-electron chi connectivity index (χ0n) is 12.9. The fraction of sp³-hybridized carbons (Fsp3) is 0.438. The van der Waals surface area contributed by atoms with Gasteiger partial charge in [-0.15, -0.1) is 0 Å². The first kappa shape index (κ1) is 14.6. The largest absolute Gasteiger partial charge is 0.308 e. The van der Waals surface area contributed by atoms with E-state index in [0.29, 0.717) is 5.82 Å². The number of hydrogen-bond acceptors (Lipinski definition) is 4. The molecular formula is C16H22N4. The molecule has 0 aromatic carbocycles. The van der Waals surface area contributed by atoms with Crippen LogP contribution in [0.5, 0.6) is 0 Å². The van der Waals surface area contributed by atoms with Gasteiger partial charge >= 0.3 is 0 Å². The Labute approximate surface area is 120 Å². The van der Waals surface area contributed by atoms with E-state index in [9.17, 15) is 0 Å². The summed E-state index contributed by atoms with van der Waals surface area (Å²) < 4.78 is 0. The van der Waals surface area contributed by atoms with Crippen molar-refractivity contribution in [3.05, 3.63) is 41.3 Å². The number of pyridine rings is 1. The van der Waals surface area contributed by atoms with Gasteiger partial charge in [-0.3, -0.25) is 4.98 Å². The lowest BCUT2D eigenvalue weighted by atomic mass is 10.1. The highest BCUT2D eigenvalue weighted by Crippen LogP contribution is 2.17. The maximum Gasteiger partial charge on any atom is 0.178 e. The minimum Gasteiger partial charge on any atom is -0.308 e. The monoisotopic (exact) mass is 270 g/mol. The molecule has 0 aliphatic rings. The van der Waals surface area contributed by atoms with Crippen LogP contribution in [0.3, 0.4) is 0 Å². The topological polar surface area (TPSA) is 50.7 Å². The number of aromatic nitrogens is 3. The standard InChI is InChI=1S/C16H22N4/c1-11-13(10-18-16(3,4)5)12(2)20-15(19-11)14-8-6-7-9-17-14/h6-9,18H,10H2,1-5H3. The fourth-order valence-electron chi connectivity index (χ4n) is 1.96. The van der Waals surface area contributed by atoms with Crippen LogP contribution in [-0.2, 0) is 6.54 Å². The van der Waals surface area contributed by atoms with Gasteiger partial charge in [0.05, 0.1) is 0 Å². The third-order valence-corrected chi connectivity index (χ3v) is 3.11. The lowest BCUT2D eigenvalue weighted by molar-refractivity contribution is 0.422. The Morgan fingerprint density at radius 1 is 1.05 bits per heavy atom. The van der Waals surface area contributed by atoms with Crippen molar-refractivity contribution >= 4 is 0 Å². The average Bonchev–Trinajstić information content (AvgIpc) is 2.37. The van der Waals surface area contributed by atoms with Gasteiger partial charge in [-0.25, -0.2) is 9.97 Å². The van der Waals surface area contributed by atoms with Crippen LogP contribution in [0.1, 0.15) is 37.7 Å². The number of aryl methyl sites for hydroxylation is 2. The van der Waals surface area contributed by atoms with Gasteiger partial charge in [0.1, 0.15) is 5.69 Å². The van der Waals surface area contributed by atoms with Crippen LogP contribution in [0.15, 0.2) is 24.4 Å². The van der Waals surface area contributed by atoms with Gasteiger partial charge in [0.15, 0.2) is 5.82 Å². The van der Waals surface area contributed by atoms with Crippen molar-refractivity contribution in [2.75, 3.05) is 0 Å². The molecule has 2 rings (SSSR count). The summed E-state index contributed by atoms with van der Waals surface area (Å²) in [5.41, 5.74) is 4.08. The molecule has 20 heavy (non-hydrogen) atoms. The van der Waals surface area contributed by atoms with Gasteiger partial charge in [-0.05, 0) is 46.8 Å². The first-order chi connectivity index (χ1) is 9.37. The fourth-order valence-corrected chi connectivity index (χ4v) is 1.96. The zero-order valence-corrected chi connectivity index (χ0v) is 12.9. The third kappa shape index (κ3) is 3.61. The summed E-state index contributed by atoms with van der Waals surface area (Å²) in [6.07, 6.45) is 1.76. The molecule has 106 valence electrons. The van der Waals surface area contributed by atoms with E-state index in [-0.39, 0.29) is 5.54 Å². The van der Waals surface area contributed by atoms with Crippen molar-refractivity contribution in [1.29, 1.82) is 0 Å². The summed E-state index contributed by atoms with van der Waals surface area (Å²) in [6, 6.07) is 5.78. The molecular weight excluding hydrogens is 248 g/mol. The van der Waals surface area contributed by atoms with E-state index in [1.165, 1.54) is 5.56 Å². The molecule has 0 radical (unpaired) electrons. The van der Waals surface area contributed by atoms with Crippen LogP contribution < -0.4 is 5.32 Å². The molecule has 0 saturated carbocycles. The minimum atomic E-state index is 0.0819. The molecule has 2 aromatic heterocycles. The molecule has 1 N–H and O–H groups in total. The predicted molar refractivity (Wildman–Crippen MR) is 81.3 cm³/mol. The minimum absolute atomic E-state index is 0.0819. The molecule has 0 unspecified atom stereocenters. The first-order valence-electron chi connectivity index (χ1n) is 6.87. The third-order valence-electron chi connectivity index (χ3n) is 3.11. The van der Waals surface area contributed by atoms with E-state index >= 15 is 0 Å². The van der Waals surface area contributed by atoms with Crippen molar-refractivity contribution in [3.8, 4) is 11.5 Å². The van der Waals surface area contributed by atoms with Gasteiger partial charge in [0.2, 0.25) is 0 Å². The Bertz CT molecular complexity index is 562. The van der Waals surface area contributed by atoms with Crippen LogP contribution in [0.2, 0.25) is 0 Å². The Morgan fingerprint density at radius 2 is 1.70 bits per heavy atom. The summed E-state index contributed by atoms with van der Waals surface area (Å²) in [4.78, 5) is 13.5. The molecule has 2 aromatic rings. The van der Waals surface area contributed by atoms with E-state index in [2.05, 4.69) is 41.0 Å². The van der Waals surface area contributed by atoms with Crippen molar-refractivity contribution in [1.82, 2.24) is 20.3 Å². The van der Waals surface area contributed by atoms with E-state index in [4.69, 9.17) is 0 Å². The van der Waals surface area contributed by atoms with Gasteiger partial charge in [-0.1, -0.05) is 6.07 Å². The Morgan fingerprint density at radius 3 is 2.20 bits per heavy atom. The highest BCUT2D eigenvalue weighted by atomic mass is 15.0. The molecule has 0 bridgehead atoms. The number of rotatable bonds is 3. The number of hydrogen-bond donors (Lipinski definition) is 1. The van der Waals surface area contributed by atoms with Crippen molar-refractivity contribution < 1.29 is 0 Å². The molecule has 0 saturated heterocycles. The summed E-state index contributed by atoms with van der Waals surface area (Å²) in [5.74, 6) is 0.695. The maximum atomic E-state index is 4.59. The first-order valence-corrected chi connectivity index (χ1v) is 6.87. The van der Waals surface area contributed by atoms with Crippen LogP contribution >= 0.6 is 0 Å². The second kappa shape index (κ2) is 5.67. The van der Waals surface area contributed by atoms with Gasteiger partial charge in [0.25, 0.3) is 0 Å². The molecule has 0 aliphatic heterocycles. The molecule has 0 fully saturated rings. The number of nitrogens with zero attached hydrogens (tertiary/aromatic N) is 3. The van der Waals surface area contributed by atoms with Crippen LogP contribution in [0.4, 0.5) is 0 Å². The molecule has 0 amide bonds. The average molecular weight is 270 g/mol. The summed E-state index contributed by atoms with van der Waals surface area (Å²) >= 11 is 0. The molecule has 0 atom stereocenters. The second-order valence-corrected chi connectivity index (χ2v) is 6.02. The second-order valence-electron chi connectivity index (χ2n) is 6.02. The Hall–Kier alpha value is -1.81. The van der Waals surface area contributed by atoms with Crippen molar-refractivity contribution in [3.63, 3.8) is 0 Å². The molecule has 0 spiro atoms. The highest BCUT2D eigenvalue weighted by molar-refractivity contribution is 5.49. The van der Waals surface area contributed by atoms with E-state index in [1.54, 1.807) is 6.20 Å². The van der Waals surface area contributed by atoms with Crippen molar-refractivity contribution in [2.24, 2.45) is 0 Å². The molecule has 4 nitrogen and oxygen atoms in total. The zero-order chi connectivity index (χ0) is 14.8. The predicted octanol–water partition coefficient (Wildman–Crippen LogP) is 3.04. The summed E-state index contributed by atoms with van der Waals surface area (Å²) in [6.45, 7) is 11.3. The SMILES string of the molecule is Cc1nc(-c2ccccn2)nc(C)c1CNC(C)(C)C. The lowest BCUT2D eigenvalue weighted by Crippen LogP contribution is -2.35. The smallest absolute Gasteiger partial charge is 0.178 e. The van der Waals surface area contributed by atoms with Crippen LogP contribution in [0.25, 0.3) is 11.5 Å². The van der Waals surface area contributed by atoms with Crippen molar-refractivity contribution in [2.45, 2.75) is 46.7 Å². The number of nitrogens with one attached hydrogen (secondary N) is 1. The summed E-state index contributed by atoms with van der Waals surface area (Å²) in [5, 5.41) is 3.48. The maximum absolute atomic E-state index is 4.59. The van der Waals surface area contributed by atoms with Gasteiger partial charge in [0, 0.05) is 35.2 Å². The molecule has 2 heterocycles. The van der Waals surface area contributed by atoms with Gasteiger partial charge in [-0.2, -0.15) is 0 Å². The molecule has 0 aliphatic carbocycles. The summed E-state index contributed by atoms with van der Waals surface area (Å²) in [7, 11) is 0. The lowest BCUT2D eigenvalue weighted by Gasteiger charge is -2.21.